The average Bonchev–Trinajstić information content (AvgIpc) is 2.69. The second-order valence-corrected chi connectivity index (χ2v) is 3.63. The van der Waals surface area contributed by atoms with Gasteiger partial charge in [-0.2, -0.15) is 5.21 Å². The molecule has 0 aliphatic rings. The van der Waals surface area contributed by atoms with Crippen LogP contribution in [-0.4, -0.2) is 45.8 Å². The van der Waals surface area contributed by atoms with E-state index in [0.29, 0.717) is 19.0 Å². The number of nitrogens with zero attached hydrogens (tertiary/aromatic N) is 3. The Morgan fingerprint density at radius 1 is 1.56 bits per heavy atom. The van der Waals surface area contributed by atoms with Crippen molar-refractivity contribution in [3.8, 4) is 0 Å². The van der Waals surface area contributed by atoms with Gasteiger partial charge in [-0.15, -0.1) is 10.2 Å². The molecule has 0 saturated carbocycles. The van der Waals surface area contributed by atoms with Crippen molar-refractivity contribution in [2.24, 2.45) is 0 Å². The summed E-state index contributed by atoms with van der Waals surface area (Å²) in [6, 6.07) is 0. The fourth-order valence-corrected chi connectivity index (χ4v) is 1.08. The van der Waals surface area contributed by atoms with Crippen LogP contribution in [0, 0.1) is 0 Å². The van der Waals surface area contributed by atoms with Crippen molar-refractivity contribution in [2.75, 3.05) is 13.2 Å². The summed E-state index contributed by atoms with van der Waals surface area (Å²) in [5.41, 5.74) is 0. The first-order chi connectivity index (χ1) is 7.68. The number of carbonyl (C=O) groups excluding carboxylic acids is 1. The highest BCUT2D eigenvalue weighted by molar-refractivity contribution is 5.77. The van der Waals surface area contributed by atoms with Gasteiger partial charge in [0.1, 0.15) is 0 Å². The second-order valence-electron chi connectivity index (χ2n) is 3.63. The third kappa shape index (κ3) is 5.40. The van der Waals surface area contributed by atoms with Gasteiger partial charge in [-0.1, -0.05) is 5.21 Å². The number of rotatable bonds is 7. The molecule has 0 aliphatic heterocycles. The van der Waals surface area contributed by atoms with Crippen molar-refractivity contribution in [1.29, 1.82) is 0 Å². The predicted molar refractivity (Wildman–Crippen MR) is 56.6 cm³/mol. The van der Waals surface area contributed by atoms with Crippen LogP contribution >= 0.6 is 0 Å². The van der Waals surface area contributed by atoms with Gasteiger partial charge < -0.3 is 10.1 Å². The monoisotopic (exact) mass is 227 g/mol. The minimum absolute atomic E-state index is 0.106. The second kappa shape index (κ2) is 6.89. The number of amides is 1. The van der Waals surface area contributed by atoms with Gasteiger partial charge in [0.15, 0.2) is 5.82 Å². The molecular formula is C9H17N5O2. The topological polar surface area (TPSA) is 92.8 Å². The van der Waals surface area contributed by atoms with Crippen molar-refractivity contribution in [3.63, 3.8) is 0 Å². The summed E-state index contributed by atoms with van der Waals surface area (Å²) in [6.45, 7) is 5.22. The lowest BCUT2D eigenvalue weighted by Crippen LogP contribution is -2.27. The number of hydrogen-bond donors (Lipinski definition) is 2. The minimum Gasteiger partial charge on any atom is -0.379 e. The molecule has 16 heavy (non-hydrogen) atoms. The van der Waals surface area contributed by atoms with Crippen molar-refractivity contribution in [1.82, 2.24) is 25.9 Å². The third-order valence-electron chi connectivity index (χ3n) is 1.80. The normalized spacial score (nSPS) is 10.7. The number of carbonyl (C=O) groups is 1. The summed E-state index contributed by atoms with van der Waals surface area (Å²) in [6.07, 6.45) is 1.19. The smallest absolute Gasteiger partial charge is 0.227 e. The molecule has 0 fully saturated rings. The van der Waals surface area contributed by atoms with Crippen LogP contribution in [0.5, 0.6) is 0 Å². The molecule has 1 heterocycles. The van der Waals surface area contributed by atoms with Crippen LogP contribution in [0.3, 0.4) is 0 Å². The van der Waals surface area contributed by atoms with Gasteiger partial charge >= 0.3 is 0 Å². The molecule has 0 spiro atoms. The lowest BCUT2D eigenvalue weighted by Gasteiger charge is -2.07. The molecule has 0 aliphatic carbocycles. The van der Waals surface area contributed by atoms with Crippen molar-refractivity contribution < 1.29 is 9.53 Å². The van der Waals surface area contributed by atoms with E-state index in [-0.39, 0.29) is 18.4 Å². The van der Waals surface area contributed by atoms with Gasteiger partial charge in [-0.3, -0.25) is 4.79 Å². The molecule has 90 valence electrons. The number of nitrogens with one attached hydrogen (secondary N) is 2. The number of hydrogen-bond acceptors (Lipinski definition) is 5. The molecule has 1 aromatic rings. The summed E-state index contributed by atoms with van der Waals surface area (Å²) in [7, 11) is 0. The van der Waals surface area contributed by atoms with Crippen LogP contribution in [0.4, 0.5) is 0 Å². The first-order valence-electron chi connectivity index (χ1n) is 5.29. The average molecular weight is 227 g/mol. The van der Waals surface area contributed by atoms with Gasteiger partial charge in [-0.25, -0.2) is 0 Å². The molecule has 2 N–H and O–H groups in total. The Morgan fingerprint density at radius 2 is 2.38 bits per heavy atom. The van der Waals surface area contributed by atoms with Crippen LogP contribution in [0.1, 0.15) is 26.1 Å². The van der Waals surface area contributed by atoms with Crippen LogP contribution < -0.4 is 5.32 Å². The van der Waals surface area contributed by atoms with E-state index in [2.05, 4.69) is 25.9 Å². The van der Waals surface area contributed by atoms with Gasteiger partial charge in [0, 0.05) is 13.2 Å². The molecule has 0 bridgehead atoms. The maximum atomic E-state index is 11.3. The fourth-order valence-electron chi connectivity index (χ4n) is 1.08. The predicted octanol–water partition coefficient (Wildman–Crippen LogP) is -0.326. The summed E-state index contributed by atoms with van der Waals surface area (Å²) in [4.78, 5) is 11.3. The van der Waals surface area contributed by atoms with Gasteiger partial charge in [0.2, 0.25) is 5.91 Å². The van der Waals surface area contributed by atoms with Crippen LogP contribution in [0.15, 0.2) is 0 Å². The Kier molecular flexibility index (Phi) is 5.41. The van der Waals surface area contributed by atoms with Crippen LogP contribution in [0.25, 0.3) is 0 Å². The van der Waals surface area contributed by atoms with Crippen LogP contribution in [0.2, 0.25) is 0 Å². The molecular weight excluding hydrogens is 210 g/mol. The first kappa shape index (κ1) is 12.6. The molecule has 0 radical (unpaired) electrons. The molecule has 0 aromatic carbocycles. The number of tetrazole rings is 1. The zero-order valence-electron chi connectivity index (χ0n) is 9.56. The number of aromatic amines is 1. The summed E-state index contributed by atoms with van der Waals surface area (Å²) < 4.78 is 5.34. The Balaban J connectivity index is 2.03. The molecule has 1 aromatic heterocycles. The van der Waals surface area contributed by atoms with E-state index in [1.54, 1.807) is 0 Å². The van der Waals surface area contributed by atoms with E-state index in [1.165, 1.54) is 0 Å². The quantitative estimate of drug-likeness (QED) is 0.622. The van der Waals surface area contributed by atoms with E-state index in [1.807, 2.05) is 13.8 Å². The standard InChI is InChI=1S/C9H17N5O2/c1-7(2)16-5-3-4-10-9(15)6-8-11-13-14-12-8/h7H,3-6H2,1-2H3,(H,10,15)(H,11,12,13,14). The van der Waals surface area contributed by atoms with E-state index in [0.717, 1.165) is 6.42 Å². The van der Waals surface area contributed by atoms with E-state index in [4.69, 9.17) is 4.74 Å². The molecule has 7 nitrogen and oxygen atoms in total. The summed E-state index contributed by atoms with van der Waals surface area (Å²) in [5, 5.41) is 15.8. The highest BCUT2D eigenvalue weighted by Crippen LogP contribution is 1.90. The van der Waals surface area contributed by atoms with Crippen molar-refractivity contribution in [2.45, 2.75) is 32.8 Å². The van der Waals surface area contributed by atoms with Gasteiger partial charge in [0.05, 0.1) is 12.5 Å². The third-order valence-corrected chi connectivity index (χ3v) is 1.80. The molecule has 1 rings (SSSR count). The fraction of sp³-hybridized carbons (Fsp3) is 0.778. The summed E-state index contributed by atoms with van der Waals surface area (Å²) in [5.74, 6) is 0.293. The number of H-pyrrole nitrogens is 1. The van der Waals surface area contributed by atoms with Gasteiger partial charge in [0.25, 0.3) is 0 Å². The largest absolute Gasteiger partial charge is 0.379 e. The minimum atomic E-state index is -0.106. The Bertz CT molecular complexity index is 299. The van der Waals surface area contributed by atoms with E-state index in [9.17, 15) is 4.79 Å². The molecule has 0 atom stereocenters. The Hall–Kier alpha value is -1.50. The highest BCUT2D eigenvalue weighted by Gasteiger charge is 2.05. The molecule has 1 amide bonds. The SMILES string of the molecule is CC(C)OCCCNC(=O)Cc1nn[nH]n1. The lowest BCUT2D eigenvalue weighted by atomic mass is 10.3. The molecule has 7 heteroatoms. The molecule has 0 saturated heterocycles. The summed E-state index contributed by atoms with van der Waals surface area (Å²) >= 11 is 0. The number of ether oxygens (including phenoxy) is 1. The highest BCUT2D eigenvalue weighted by atomic mass is 16.5. The maximum absolute atomic E-state index is 11.3. The van der Waals surface area contributed by atoms with Gasteiger partial charge in [-0.05, 0) is 20.3 Å². The zero-order valence-corrected chi connectivity index (χ0v) is 9.56. The number of aromatic nitrogens is 4. The zero-order chi connectivity index (χ0) is 11.8. The lowest BCUT2D eigenvalue weighted by molar-refractivity contribution is -0.120. The van der Waals surface area contributed by atoms with Crippen molar-refractivity contribution in [3.05, 3.63) is 5.82 Å². The van der Waals surface area contributed by atoms with Crippen molar-refractivity contribution >= 4 is 5.91 Å². The van der Waals surface area contributed by atoms with E-state index >= 15 is 0 Å². The Morgan fingerprint density at radius 3 is 3.00 bits per heavy atom. The maximum Gasteiger partial charge on any atom is 0.227 e. The van der Waals surface area contributed by atoms with Crippen LogP contribution in [-0.2, 0) is 16.0 Å². The molecule has 0 unspecified atom stereocenters. The van der Waals surface area contributed by atoms with E-state index < -0.39 is 0 Å². The first-order valence-corrected chi connectivity index (χ1v) is 5.29. The Labute approximate surface area is 93.9 Å².